The number of rotatable bonds is 5. The summed E-state index contributed by atoms with van der Waals surface area (Å²) in [5, 5.41) is 10.8. The van der Waals surface area contributed by atoms with Crippen molar-refractivity contribution in [3.05, 3.63) is 69.1 Å². The molecule has 8 nitrogen and oxygen atoms in total. The number of aromatic nitrogens is 3. The van der Waals surface area contributed by atoms with E-state index in [4.69, 9.17) is 21.1 Å². The summed E-state index contributed by atoms with van der Waals surface area (Å²) in [7, 11) is 3.01. The van der Waals surface area contributed by atoms with Crippen molar-refractivity contribution in [1.82, 2.24) is 14.8 Å². The van der Waals surface area contributed by atoms with E-state index in [1.54, 1.807) is 16.8 Å². The first-order valence-electron chi connectivity index (χ1n) is 9.28. The van der Waals surface area contributed by atoms with Crippen molar-refractivity contribution >= 4 is 45.1 Å². The van der Waals surface area contributed by atoms with E-state index in [-0.39, 0.29) is 5.91 Å². The van der Waals surface area contributed by atoms with Crippen molar-refractivity contribution in [3.8, 4) is 11.5 Å². The molecule has 2 aromatic carbocycles. The second-order valence-corrected chi connectivity index (χ2v) is 8.11. The molecule has 31 heavy (non-hydrogen) atoms. The van der Waals surface area contributed by atoms with Crippen molar-refractivity contribution in [1.29, 1.82) is 0 Å². The zero-order valence-corrected chi connectivity index (χ0v) is 19.3. The summed E-state index contributed by atoms with van der Waals surface area (Å²) in [6.45, 7) is 1.83. The minimum Gasteiger partial charge on any atom is -0.495 e. The van der Waals surface area contributed by atoms with Crippen LogP contribution in [-0.2, 0) is 4.79 Å². The van der Waals surface area contributed by atoms with Gasteiger partial charge in [-0.1, -0.05) is 39.7 Å². The minimum atomic E-state index is -0.466. The van der Waals surface area contributed by atoms with Crippen molar-refractivity contribution in [3.63, 3.8) is 0 Å². The van der Waals surface area contributed by atoms with E-state index >= 15 is 0 Å². The molecule has 4 rings (SSSR count). The van der Waals surface area contributed by atoms with Crippen molar-refractivity contribution in [2.45, 2.75) is 13.0 Å². The van der Waals surface area contributed by atoms with E-state index in [0.717, 1.165) is 10.0 Å². The Kier molecular flexibility index (Phi) is 5.88. The molecule has 10 heteroatoms. The van der Waals surface area contributed by atoms with Crippen LogP contribution < -0.4 is 20.1 Å². The normalized spacial score (nSPS) is 15.2. The first-order chi connectivity index (χ1) is 14.9. The largest absolute Gasteiger partial charge is 0.495 e. The number of halogens is 2. The molecule has 0 spiro atoms. The molecule has 1 aromatic heterocycles. The van der Waals surface area contributed by atoms with Crippen LogP contribution in [0.1, 0.15) is 18.5 Å². The van der Waals surface area contributed by atoms with Gasteiger partial charge in [0.15, 0.2) is 0 Å². The van der Waals surface area contributed by atoms with Crippen LogP contribution in [-0.4, -0.2) is 34.9 Å². The molecular weight excluding hydrogens is 486 g/mol. The summed E-state index contributed by atoms with van der Waals surface area (Å²) in [6.07, 6.45) is 1.45. The molecule has 2 heterocycles. The Bertz CT molecular complexity index is 1180. The highest BCUT2D eigenvalue weighted by Crippen LogP contribution is 2.39. The van der Waals surface area contributed by atoms with Gasteiger partial charge in [0.05, 0.1) is 30.5 Å². The number of anilines is 2. The van der Waals surface area contributed by atoms with E-state index < -0.39 is 6.04 Å². The maximum absolute atomic E-state index is 13.5. The number of carbonyl (C=O) groups excluding carboxylic acids is 1. The Balaban J connectivity index is 1.76. The van der Waals surface area contributed by atoms with Gasteiger partial charge in [0, 0.05) is 22.3 Å². The smallest absolute Gasteiger partial charge is 0.255 e. The molecule has 2 N–H and O–H groups in total. The van der Waals surface area contributed by atoms with Gasteiger partial charge in [0.25, 0.3) is 5.91 Å². The van der Waals surface area contributed by atoms with Gasteiger partial charge in [-0.3, -0.25) is 4.79 Å². The van der Waals surface area contributed by atoms with Crippen LogP contribution in [0.4, 0.5) is 11.6 Å². The molecule has 0 aliphatic carbocycles. The number of nitrogens with zero attached hydrogens (tertiary/aromatic N) is 3. The molecule has 1 atom stereocenters. The lowest BCUT2D eigenvalue weighted by atomic mass is 9.95. The topological polar surface area (TPSA) is 90.3 Å². The van der Waals surface area contributed by atoms with Crippen LogP contribution in [0, 0.1) is 0 Å². The third-order valence-electron chi connectivity index (χ3n) is 4.95. The fourth-order valence-electron chi connectivity index (χ4n) is 3.49. The summed E-state index contributed by atoms with van der Waals surface area (Å²) in [5.74, 6) is 1.09. The highest BCUT2D eigenvalue weighted by Gasteiger charge is 2.33. The Morgan fingerprint density at radius 1 is 1.19 bits per heavy atom. The molecule has 0 unspecified atom stereocenters. The molecular formula is C21H19BrClN5O3. The maximum Gasteiger partial charge on any atom is 0.255 e. The summed E-state index contributed by atoms with van der Waals surface area (Å²) >= 11 is 9.64. The SMILES string of the molecule is COc1cc(NC(=O)C2=C(C)Nc3ncnn3[C@H]2c2ccc(Br)cc2)c(OC)cc1Cl. The van der Waals surface area contributed by atoms with E-state index in [2.05, 4.69) is 36.6 Å². The molecule has 1 aliphatic heterocycles. The minimum absolute atomic E-state index is 0.318. The average Bonchev–Trinajstić information content (AvgIpc) is 3.22. The molecule has 3 aromatic rings. The number of ether oxygens (including phenoxy) is 2. The average molecular weight is 505 g/mol. The number of methoxy groups -OCH3 is 2. The van der Waals surface area contributed by atoms with Crippen LogP contribution in [0.2, 0.25) is 5.02 Å². The first-order valence-corrected chi connectivity index (χ1v) is 10.5. The number of allylic oxidation sites excluding steroid dienone is 1. The van der Waals surface area contributed by atoms with E-state index in [9.17, 15) is 4.79 Å². The molecule has 1 aliphatic rings. The van der Waals surface area contributed by atoms with Gasteiger partial charge in [-0.25, -0.2) is 4.68 Å². The van der Waals surface area contributed by atoms with Gasteiger partial charge in [0.1, 0.15) is 23.9 Å². The predicted molar refractivity (Wildman–Crippen MR) is 122 cm³/mol. The second kappa shape index (κ2) is 8.60. The Labute approximate surface area is 192 Å². The number of amides is 1. The van der Waals surface area contributed by atoms with Crippen LogP contribution in [0.5, 0.6) is 11.5 Å². The Morgan fingerprint density at radius 2 is 1.90 bits per heavy atom. The fraction of sp³-hybridized carbons (Fsp3) is 0.190. The summed E-state index contributed by atoms with van der Waals surface area (Å²) < 4.78 is 13.3. The molecule has 0 radical (unpaired) electrons. The predicted octanol–water partition coefficient (Wildman–Crippen LogP) is 4.64. The second-order valence-electron chi connectivity index (χ2n) is 6.79. The van der Waals surface area contributed by atoms with Crippen molar-refractivity contribution < 1.29 is 14.3 Å². The van der Waals surface area contributed by atoms with Crippen molar-refractivity contribution in [2.75, 3.05) is 24.9 Å². The zero-order valence-electron chi connectivity index (χ0n) is 16.9. The number of nitrogens with one attached hydrogen (secondary N) is 2. The Hall–Kier alpha value is -3.04. The molecule has 0 bridgehead atoms. The van der Waals surface area contributed by atoms with Gasteiger partial charge in [-0.2, -0.15) is 10.1 Å². The van der Waals surface area contributed by atoms with Crippen LogP contribution in [0.25, 0.3) is 0 Å². The molecule has 0 saturated heterocycles. The van der Waals surface area contributed by atoms with Crippen LogP contribution >= 0.6 is 27.5 Å². The highest BCUT2D eigenvalue weighted by molar-refractivity contribution is 9.10. The Morgan fingerprint density at radius 3 is 2.58 bits per heavy atom. The molecule has 160 valence electrons. The lowest BCUT2D eigenvalue weighted by Gasteiger charge is -2.29. The number of benzene rings is 2. The molecule has 0 fully saturated rings. The van der Waals surface area contributed by atoms with E-state index in [1.165, 1.54) is 20.5 Å². The first kappa shape index (κ1) is 21.2. The van der Waals surface area contributed by atoms with Gasteiger partial charge in [-0.15, -0.1) is 0 Å². The summed E-state index contributed by atoms with van der Waals surface area (Å²) in [5.41, 5.74) is 2.50. The third kappa shape index (κ3) is 3.98. The maximum atomic E-state index is 13.5. The molecule has 0 saturated carbocycles. The van der Waals surface area contributed by atoms with Gasteiger partial charge in [-0.05, 0) is 24.6 Å². The van der Waals surface area contributed by atoms with E-state index in [0.29, 0.717) is 39.4 Å². The van der Waals surface area contributed by atoms with E-state index in [1.807, 2.05) is 31.2 Å². The number of carbonyl (C=O) groups is 1. The summed E-state index contributed by atoms with van der Waals surface area (Å²) in [4.78, 5) is 17.8. The monoisotopic (exact) mass is 503 g/mol. The highest BCUT2D eigenvalue weighted by atomic mass is 79.9. The zero-order chi connectivity index (χ0) is 22.1. The third-order valence-corrected chi connectivity index (χ3v) is 5.77. The standard InChI is InChI=1S/C21H19BrClN5O3/c1-11-18(20(29)27-15-9-16(30-2)14(23)8-17(15)31-3)19(12-4-6-13(22)7-5-12)28-21(26-11)24-10-25-28/h4-10,19H,1-3H3,(H,27,29)(H,24,25,26)/t19-/m0/s1. The fourth-order valence-corrected chi connectivity index (χ4v) is 3.98. The van der Waals surface area contributed by atoms with Gasteiger partial charge in [0.2, 0.25) is 5.95 Å². The van der Waals surface area contributed by atoms with Crippen LogP contribution in [0.15, 0.2) is 58.5 Å². The van der Waals surface area contributed by atoms with Crippen LogP contribution in [0.3, 0.4) is 0 Å². The molecule has 1 amide bonds. The lowest BCUT2D eigenvalue weighted by Crippen LogP contribution is -2.31. The van der Waals surface area contributed by atoms with Gasteiger partial charge < -0.3 is 20.1 Å². The van der Waals surface area contributed by atoms with Crippen molar-refractivity contribution in [2.24, 2.45) is 0 Å². The number of hydrogen-bond donors (Lipinski definition) is 2. The summed E-state index contributed by atoms with van der Waals surface area (Å²) in [6, 6.07) is 10.5. The number of fused-ring (bicyclic) bond motifs is 1. The lowest BCUT2D eigenvalue weighted by molar-refractivity contribution is -0.113. The van der Waals surface area contributed by atoms with Gasteiger partial charge >= 0.3 is 0 Å². The number of hydrogen-bond acceptors (Lipinski definition) is 6. The quantitative estimate of drug-likeness (QED) is 0.526.